The Labute approximate surface area is 206 Å². The van der Waals surface area contributed by atoms with Gasteiger partial charge in [-0.05, 0) is 42.9 Å². The molecule has 0 saturated carbocycles. The number of benzene rings is 2. The van der Waals surface area contributed by atoms with Crippen molar-refractivity contribution >= 4 is 29.3 Å². The van der Waals surface area contributed by atoms with Crippen molar-refractivity contribution in [1.82, 2.24) is 14.9 Å². The molecule has 1 aliphatic heterocycles. The molecule has 0 bridgehead atoms. The Morgan fingerprint density at radius 3 is 2.60 bits per heavy atom. The minimum absolute atomic E-state index is 0.0615. The third-order valence-electron chi connectivity index (χ3n) is 5.32. The SMILES string of the molecule is CN1CCN(c2ncc(Sc3cccc(NC(=O)CN)c3)c(OCc3cc(F)cc(F)c3)n2)CC1. The minimum Gasteiger partial charge on any atom is -0.472 e. The van der Waals surface area contributed by atoms with Crippen molar-refractivity contribution in [1.29, 1.82) is 0 Å². The summed E-state index contributed by atoms with van der Waals surface area (Å²) < 4.78 is 33.2. The van der Waals surface area contributed by atoms with Gasteiger partial charge in [0.25, 0.3) is 0 Å². The van der Waals surface area contributed by atoms with E-state index < -0.39 is 11.6 Å². The highest BCUT2D eigenvalue weighted by atomic mass is 32.2. The Kier molecular flexibility index (Phi) is 8.11. The Hall–Kier alpha value is -3.28. The predicted octanol–water partition coefficient (Wildman–Crippen LogP) is 3.13. The Balaban J connectivity index is 1.58. The van der Waals surface area contributed by atoms with Gasteiger partial charge in [-0.15, -0.1) is 0 Å². The van der Waals surface area contributed by atoms with Crippen molar-refractivity contribution in [2.75, 3.05) is 50.0 Å². The lowest BCUT2D eigenvalue weighted by molar-refractivity contribution is -0.114. The summed E-state index contributed by atoms with van der Waals surface area (Å²) in [6, 6.07) is 10.5. The lowest BCUT2D eigenvalue weighted by Crippen LogP contribution is -2.45. The van der Waals surface area contributed by atoms with E-state index in [1.54, 1.807) is 18.3 Å². The number of nitrogens with zero attached hydrogens (tertiary/aromatic N) is 4. The third kappa shape index (κ3) is 6.87. The normalized spacial score (nSPS) is 14.1. The van der Waals surface area contributed by atoms with E-state index in [1.807, 2.05) is 12.1 Å². The Morgan fingerprint density at radius 2 is 1.89 bits per heavy atom. The number of hydrogen-bond donors (Lipinski definition) is 2. The molecule has 3 aromatic rings. The van der Waals surface area contributed by atoms with Crippen molar-refractivity contribution in [3.63, 3.8) is 0 Å². The number of anilines is 2. The summed E-state index contributed by atoms with van der Waals surface area (Å²) in [6.45, 7) is 3.16. The highest BCUT2D eigenvalue weighted by Gasteiger charge is 2.19. The number of halogens is 2. The van der Waals surface area contributed by atoms with Gasteiger partial charge in [0.05, 0.1) is 17.6 Å². The fourth-order valence-corrected chi connectivity index (χ4v) is 4.38. The van der Waals surface area contributed by atoms with Gasteiger partial charge in [-0.2, -0.15) is 4.98 Å². The first-order chi connectivity index (χ1) is 16.9. The molecule has 1 amide bonds. The molecule has 0 aliphatic carbocycles. The van der Waals surface area contributed by atoms with E-state index in [0.717, 1.165) is 37.1 Å². The van der Waals surface area contributed by atoms with E-state index in [9.17, 15) is 13.6 Å². The molecular formula is C24H26F2N6O2S. The standard InChI is InChI=1S/C24H26F2N6O2S/c1-31-5-7-32(8-6-31)24-28-14-21(35-20-4-2-3-19(12-20)29-22(33)13-27)23(30-24)34-15-16-9-17(25)11-18(26)10-16/h2-4,9-12,14H,5-8,13,15,27H2,1H3,(H,29,33). The Bertz CT molecular complexity index is 1170. The number of ether oxygens (including phenoxy) is 1. The number of hydrogen-bond acceptors (Lipinski definition) is 8. The summed E-state index contributed by atoms with van der Waals surface area (Å²) in [5.41, 5.74) is 6.34. The number of piperazine rings is 1. The third-order valence-corrected chi connectivity index (χ3v) is 6.31. The smallest absolute Gasteiger partial charge is 0.238 e. The van der Waals surface area contributed by atoms with E-state index in [2.05, 4.69) is 32.1 Å². The van der Waals surface area contributed by atoms with Crippen molar-refractivity contribution in [3.8, 4) is 5.88 Å². The molecule has 1 fully saturated rings. The van der Waals surface area contributed by atoms with Crippen molar-refractivity contribution in [2.45, 2.75) is 16.4 Å². The molecule has 1 aromatic heterocycles. The lowest BCUT2D eigenvalue weighted by atomic mass is 10.2. The molecule has 0 radical (unpaired) electrons. The zero-order valence-corrected chi connectivity index (χ0v) is 20.0. The summed E-state index contributed by atoms with van der Waals surface area (Å²) in [5.74, 6) is -0.795. The van der Waals surface area contributed by atoms with Gasteiger partial charge >= 0.3 is 0 Å². The van der Waals surface area contributed by atoms with Gasteiger partial charge in [-0.3, -0.25) is 4.79 Å². The molecule has 184 valence electrons. The minimum atomic E-state index is -0.671. The molecule has 0 atom stereocenters. The van der Waals surface area contributed by atoms with Crippen LogP contribution in [0.2, 0.25) is 0 Å². The maximum atomic E-state index is 13.6. The largest absolute Gasteiger partial charge is 0.472 e. The summed E-state index contributed by atoms with van der Waals surface area (Å²) in [6.07, 6.45) is 1.68. The zero-order chi connectivity index (χ0) is 24.8. The van der Waals surface area contributed by atoms with Crippen LogP contribution in [0.1, 0.15) is 5.56 Å². The van der Waals surface area contributed by atoms with E-state index >= 15 is 0 Å². The van der Waals surface area contributed by atoms with Crippen LogP contribution < -0.4 is 20.7 Å². The fraction of sp³-hybridized carbons (Fsp3) is 0.292. The van der Waals surface area contributed by atoms with Crippen LogP contribution in [-0.4, -0.2) is 60.5 Å². The van der Waals surface area contributed by atoms with E-state index in [-0.39, 0.29) is 19.1 Å². The number of likely N-dealkylation sites (N-methyl/N-ethyl adjacent to an activating group) is 1. The van der Waals surface area contributed by atoms with E-state index in [4.69, 9.17) is 10.5 Å². The maximum absolute atomic E-state index is 13.6. The molecule has 0 unspecified atom stereocenters. The fourth-order valence-electron chi connectivity index (χ4n) is 3.50. The summed E-state index contributed by atoms with van der Waals surface area (Å²) in [7, 11) is 2.06. The van der Waals surface area contributed by atoms with Crippen LogP contribution in [0.5, 0.6) is 5.88 Å². The number of aromatic nitrogens is 2. The van der Waals surface area contributed by atoms with Crippen molar-refractivity contribution in [3.05, 3.63) is 65.9 Å². The molecule has 0 spiro atoms. The predicted molar refractivity (Wildman–Crippen MR) is 131 cm³/mol. The first-order valence-corrected chi connectivity index (χ1v) is 11.9. The second kappa shape index (κ2) is 11.4. The van der Waals surface area contributed by atoms with Crippen LogP contribution in [0.25, 0.3) is 0 Å². The molecule has 11 heteroatoms. The highest BCUT2D eigenvalue weighted by molar-refractivity contribution is 7.99. The van der Waals surface area contributed by atoms with Gasteiger partial charge in [-0.1, -0.05) is 17.8 Å². The molecule has 2 heterocycles. The number of carbonyl (C=O) groups is 1. The second-order valence-electron chi connectivity index (χ2n) is 8.08. The van der Waals surface area contributed by atoms with Crippen molar-refractivity contribution in [2.24, 2.45) is 5.73 Å². The second-order valence-corrected chi connectivity index (χ2v) is 9.19. The monoisotopic (exact) mass is 500 g/mol. The molecule has 35 heavy (non-hydrogen) atoms. The topological polar surface area (TPSA) is 96.6 Å². The summed E-state index contributed by atoms with van der Waals surface area (Å²) in [5, 5.41) is 2.72. The molecular weight excluding hydrogens is 474 g/mol. The maximum Gasteiger partial charge on any atom is 0.238 e. The Morgan fingerprint density at radius 1 is 1.14 bits per heavy atom. The number of nitrogens with two attached hydrogens (primary N) is 1. The molecule has 3 N–H and O–H groups in total. The lowest BCUT2D eigenvalue weighted by Gasteiger charge is -2.32. The zero-order valence-electron chi connectivity index (χ0n) is 19.2. The summed E-state index contributed by atoms with van der Waals surface area (Å²) >= 11 is 1.35. The van der Waals surface area contributed by atoms with Gasteiger partial charge in [-0.25, -0.2) is 13.8 Å². The summed E-state index contributed by atoms with van der Waals surface area (Å²) in [4.78, 5) is 26.6. The average Bonchev–Trinajstić information content (AvgIpc) is 2.83. The highest BCUT2D eigenvalue weighted by Crippen LogP contribution is 2.36. The van der Waals surface area contributed by atoms with Crippen LogP contribution in [0, 0.1) is 11.6 Å². The van der Waals surface area contributed by atoms with Crippen LogP contribution in [0.15, 0.2) is 58.5 Å². The van der Waals surface area contributed by atoms with Crippen LogP contribution in [-0.2, 0) is 11.4 Å². The number of rotatable bonds is 8. The van der Waals surface area contributed by atoms with Crippen LogP contribution in [0.3, 0.4) is 0 Å². The van der Waals surface area contributed by atoms with E-state index in [0.29, 0.717) is 28.0 Å². The van der Waals surface area contributed by atoms with Crippen LogP contribution >= 0.6 is 11.8 Å². The molecule has 1 aliphatic rings. The molecule has 2 aromatic carbocycles. The molecule has 1 saturated heterocycles. The van der Waals surface area contributed by atoms with E-state index in [1.165, 1.54) is 23.9 Å². The van der Waals surface area contributed by atoms with Gasteiger partial charge in [0.15, 0.2) is 0 Å². The van der Waals surface area contributed by atoms with Crippen molar-refractivity contribution < 1.29 is 18.3 Å². The molecule has 8 nitrogen and oxygen atoms in total. The number of nitrogens with one attached hydrogen (secondary N) is 1. The van der Waals surface area contributed by atoms with Gasteiger partial charge < -0.3 is 25.6 Å². The number of carbonyl (C=O) groups excluding carboxylic acids is 1. The molecule has 4 rings (SSSR count). The van der Waals surface area contributed by atoms with Gasteiger partial charge in [0.2, 0.25) is 17.7 Å². The first kappa shape index (κ1) is 24.8. The van der Waals surface area contributed by atoms with Gasteiger partial charge in [0, 0.05) is 42.8 Å². The quantitative estimate of drug-likeness (QED) is 0.487. The number of amides is 1. The average molecular weight is 501 g/mol. The van der Waals surface area contributed by atoms with Gasteiger partial charge in [0.1, 0.15) is 18.2 Å². The van der Waals surface area contributed by atoms with Crippen LogP contribution in [0.4, 0.5) is 20.4 Å². The first-order valence-electron chi connectivity index (χ1n) is 11.1.